The normalized spacial score (nSPS) is 13.2. The molecule has 18 heavy (non-hydrogen) atoms. The lowest BCUT2D eigenvalue weighted by molar-refractivity contribution is -0.146. The van der Waals surface area contributed by atoms with Crippen LogP contribution in [0.25, 0.3) is 0 Å². The number of benzene rings is 1. The van der Waals surface area contributed by atoms with E-state index in [0.29, 0.717) is 0 Å². The summed E-state index contributed by atoms with van der Waals surface area (Å²) in [5.74, 6) is -1.98. The number of carboxylic acid groups (broad SMARTS) is 1. The Morgan fingerprint density at radius 3 is 2.39 bits per heavy atom. The van der Waals surface area contributed by atoms with Crippen molar-refractivity contribution in [1.29, 1.82) is 0 Å². The van der Waals surface area contributed by atoms with Gasteiger partial charge in [0.25, 0.3) is 0 Å². The Morgan fingerprint density at radius 2 is 1.89 bits per heavy atom. The minimum Gasteiger partial charge on any atom is -0.479 e. The summed E-state index contributed by atoms with van der Waals surface area (Å²) in [5.41, 5.74) is 0. The molecule has 0 aliphatic rings. The topological polar surface area (TPSA) is 104 Å². The van der Waals surface area contributed by atoms with Crippen LogP contribution in [-0.4, -0.2) is 37.2 Å². The first-order chi connectivity index (χ1) is 8.33. The van der Waals surface area contributed by atoms with Gasteiger partial charge >= 0.3 is 5.97 Å². The molecular formula is C10H12FNO5S. The lowest BCUT2D eigenvalue weighted by Crippen LogP contribution is -2.30. The summed E-state index contributed by atoms with van der Waals surface area (Å²) >= 11 is 0. The molecule has 1 atom stereocenters. The number of aliphatic hydroxyl groups excluding tert-OH is 1. The molecule has 0 aliphatic carbocycles. The predicted molar refractivity (Wildman–Crippen MR) is 59.8 cm³/mol. The van der Waals surface area contributed by atoms with Crippen LogP contribution in [-0.2, 0) is 14.8 Å². The quantitative estimate of drug-likeness (QED) is 0.676. The Labute approximate surface area is 103 Å². The monoisotopic (exact) mass is 277 g/mol. The zero-order valence-electron chi connectivity index (χ0n) is 9.21. The highest BCUT2D eigenvalue weighted by Crippen LogP contribution is 2.09. The molecule has 8 heteroatoms. The summed E-state index contributed by atoms with van der Waals surface area (Å²) in [6, 6.07) is 4.18. The van der Waals surface area contributed by atoms with Gasteiger partial charge in [-0.05, 0) is 30.7 Å². The van der Waals surface area contributed by atoms with Gasteiger partial charge in [0.05, 0.1) is 4.90 Å². The maximum atomic E-state index is 12.6. The Kier molecular flexibility index (Phi) is 4.76. The molecule has 100 valence electrons. The molecule has 0 fully saturated rings. The van der Waals surface area contributed by atoms with Crippen LogP contribution in [0.15, 0.2) is 29.2 Å². The number of aliphatic hydroxyl groups is 1. The second-order valence-electron chi connectivity index (χ2n) is 3.49. The Bertz CT molecular complexity index is 514. The van der Waals surface area contributed by atoms with Gasteiger partial charge in [0.2, 0.25) is 10.0 Å². The minimum atomic E-state index is -3.82. The van der Waals surface area contributed by atoms with E-state index < -0.39 is 27.9 Å². The number of nitrogens with one attached hydrogen (secondary N) is 1. The van der Waals surface area contributed by atoms with E-state index in [1.54, 1.807) is 0 Å². The Hall–Kier alpha value is -1.51. The number of aliphatic carboxylic acids is 1. The maximum absolute atomic E-state index is 12.6. The number of carboxylic acids is 1. The average Bonchev–Trinajstić information content (AvgIpc) is 2.29. The second kappa shape index (κ2) is 5.89. The van der Waals surface area contributed by atoms with Crippen LogP contribution in [0.5, 0.6) is 0 Å². The van der Waals surface area contributed by atoms with Gasteiger partial charge in [-0.15, -0.1) is 0 Å². The second-order valence-corrected chi connectivity index (χ2v) is 5.26. The molecule has 1 aromatic rings. The first-order valence-electron chi connectivity index (χ1n) is 4.99. The standard InChI is InChI=1S/C10H12FNO5S/c11-7-1-3-8(4-2-7)18(16,17)12-6-5-9(13)10(14)15/h1-4,9,12-13H,5-6H2,(H,14,15). The first kappa shape index (κ1) is 14.6. The maximum Gasteiger partial charge on any atom is 0.332 e. The molecule has 1 rings (SSSR count). The first-order valence-corrected chi connectivity index (χ1v) is 6.47. The molecule has 0 amide bonds. The van der Waals surface area contributed by atoms with Crippen LogP contribution in [0.1, 0.15) is 6.42 Å². The van der Waals surface area contributed by atoms with Gasteiger partial charge in [-0.3, -0.25) is 0 Å². The molecule has 0 heterocycles. The fraction of sp³-hybridized carbons (Fsp3) is 0.300. The zero-order valence-corrected chi connectivity index (χ0v) is 10.0. The fourth-order valence-corrected chi connectivity index (χ4v) is 2.20. The lowest BCUT2D eigenvalue weighted by atomic mass is 10.3. The molecule has 0 aromatic heterocycles. The summed E-state index contributed by atoms with van der Waals surface area (Å²) in [4.78, 5) is 10.2. The van der Waals surface area contributed by atoms with Gasteiger partial charge in [-0.1, -0.05) is 0 Å². The van der Waals surface area contributed by atoms with Gasteiger partial charge in [0.1, 0.15) is 5.82 Å². The van der Waals surface area contributed by atoms with Gasteiger partial charge in [-0.25, -0.2) is 22.3 Å². The van der Waals surface area contributed by atoms with Crippen LogP contribution in [0.4, 0.5) is 4.39 Å². The van der Waals surface area contributed by atoms with Crippen molar-refractivity contribution in [3.8, 4) is 0 Å². The molecule has 0 spiro atoms. The van der Waals surface area contributed by atoms with E-state index in [0.717, 1.165) is 24.3 Å². The number of sulfonamides is 1. The Balaban J connectivity index is 2.60. The highest BCUT2D eigenvalue weighted by molar-refractivity contribution is 7.89. The van der Waals surface area contributed by atoms with Gasteiger partial charge in [0, 0.05) is 6.54 Å². The van der Waals surface area contributed by atoms with Crippen molar-refractivity contribution >= 4 is 16.0 Å². The molecule has 6 nitrogen and oxygen atoms in total. The minimum absolute atomic E-state index is 0.131. The van der Waals surface area contributed by atoms with Crippen molar-refractivity contribution in [2.24, 2.45) is 0 Å². The number of hydrogen-bond acceptors (Lipinski definition) is 4. The molecule has 1 aromatic carbocycles. The molecule has 1 unspecified atom stereocenters. The van der Waals surface area contributed by atoms with Crippen LogP contribution >= 0.6 is 0 Å². The van der Waals surface area contributed by atoms with E-state index in [-0.39, 0.29) is 17.9 Å². The summed E-state index contributed by atoms with van der Waals surface area (Å²) in [6.07, 6.45) is -1.88. The van der Waals surface area contributed by atoms with Crippen molar-refractivity contribution in [3.63, 3.8) is 0 Å². The van der Waals surface area contributed by atoms with E-state index in [2.05, 4.69) is 4.72 Å². The van der Waals surface area contributed by atoms with Crippen LogP contribution in [0.3, 0.4) is 0 Å². The molecule has 3 N–H and O–H groups in total. The lowest BCUT2D eigenvalue weighted by Gasteiger charge is -2.08. The van der Waals surface area contributed by atoms with E-state index >= 15 is 0 Å². The number of rotatable bonds is 6. The SMILES string of the molecule is O=C(O)C(O)CCNS(=O)(=O)c1ccc(F)cc1. The Morgan fingerprint density at radius 1 is 1.33 bits per heavy atom. The van der Waals surface area contributed by atoms with E-state index in [1.807, 2.05) is 0 Å². The van der Waals surface area contributed by atoms with E-state index in [4.69, 9.17) is 10.2 Å². The summed E-state index contributed by atoms with van der Waals surface area (Å²) in [6.45, 7) is -0.229. The van der Waals surface area contributed by atoms with Crippen molar-refractivity contribution in [1.82, 2.24) is 4.72 Å². The summed E-state index contributed by atoms with van der Waals surface area (Å²) in [5, 5.41) is 17.3. The molecular weight excluding hydrogens is 265 g/mol. The molecule has 0 bridgehead atoms. The number of hydrogen-bond donors (Lipinski definition) is 3. The number of carbonyl (C=O) groups is 1. The van der Waals surface area contributed by atoms with Gasteiger partial charge in [0.15, 0.2) is 6.10 Å². The number of halogens is 1. The van der Waals surface area contributed by atoms with E-state index in [9.17, 15) is 17.6 Å². The largest absolute Gasteiger partial charge is 0.479 e. The van der Waals surface area contributed by atoms with Crippen LogP contribution in [0, 0.1) is 5.82 Å². The van der Waals surface area contributed by atoms with Crippen molar-refractivity contribution in [3.05, 3.63) is 30.1 Å². The van der Waals surface area contributed by atoms with Crippen LogP contribution in [0.2, 0.25) is 0 Å². The third kappa shape index (κ3) is 4.06. The fourth-order valence-electron chi connectivity index (χ4n) is 1.15. The molecule has 0 radical (unpaired) electrons. The summed E-state index contributed by atoms with van der Waals surface area (Å²) in [7, 11) is -3.82. The van der Waals surface area contributed by atoms with E-state index in [1.165, 1.54) is 0 Å². The van der Waals surface area contributed by atoms with Crippen LogP contribution < -0.4 is 4.72 Å². The average molecular weight is 277 g/mol. The van der Waals surface area contributed by atoms with Gasteiger partial charge in [-0.2, -0.15) is 0 Å². The van der Waals surface area contributed by atoms with Crippen molar-refractivity contribution in [2.75, 3.05) is 6.54 Å². The molecule has 0 saturated carbocycles. The summed E-state index contributed by atoms with van der Waals surface area (Å²) < 4.78 is 38.0. The van der Waals surface area contributed by atoms with Crippen molar-refractivity contribution < 1.29 is 27.8 Å². The molecule has 0 saturated heterocycles. The zero-order chi connectivity index (χ0) is 13.8. The third-order valence-electron chi connectivity index (χ3n) is 2.12. The molecule has 0 aliphatic heterocycles. The highest BCUT2D eigenvalue weighted by atomic mass is 32.2. The third-order valence-corrected chi connectivity index (χ3v) is 3.60. The van der Waals surface area contributed by atoms with Crippen molar-refractivity contribution in [2.45, 2.75) is 17.4 Å². The highest BCUT2D eigenvalue weighted by Gasteiger charge is 2.16. The van der Waals surface area contributed by atoms with Gasteiger partial charge < -0.3 is 10.2 Å². The smallest absolute Gasteiger partial charge is 0.332 e. The predicted octanol–water partition coefficient (Wildman–Crippen LogP) is -0.0604.